The predicted octanol–water partition coefficient (Wildman–Crippen LogP) is 3.70. The van der Waals surface area contributed by atoms with E-state index in [1.165, 1.54) is 16.8 Å². The van der Waals surface area contributed by atoms with E-state index in [0.717, 1.165) is 18.8 Å². The maximum Gasteiger partial charge on any atom is 0.434 e. The zero-order valence-corrected chi connectivity index (χ0v) is 16.9. The first-order valence-corrected chi connectivity index (χ1v) is 9.97. The highest BCUT2D eigenvalue weighted by molar-refractivity contribution is 5.60. The number of hydrogen-bond donors (Lipinski definition) is 1. The molecular weight excluding hydrogens is 428 g/mol. The molecule has 0 radical (unpaired) electrons. The molecule has 0 spiro atoms. The SMILES string of the molecule is C[C@H]1C[C@H](c2cn[nH]c2F)CN(c2nccc(-c3cnc4cnc(C(F)(F)F)cn34)n2)C1. The highest BCUT2D eigenvalue weighted by Gasteiger charge is 2.33. The first-order valence-electron chi connectivity index (χ1n) is 9.97. The van der Waals surface area contributed by atoms with Gasteiger partial charge in [-0.1, -0.05) is 6.92 Å². The van der Waals surface area contributed by atoms with Gasteiger partial charge in [0.15, 0.2) is 11.3 Å². The van der Waals surface area contributed by atoms with Crippen LogP contribution in [0.1, 0.15) is 30.5 Å². The number of aromatic nitrogens is 7. The Bertz CT molecular complexity index is 1260. The average molecular weight is 446 g/mol. The van der Waals surface area contributed by atoms with E-state index in [4.69, 9.17) is 0 Å². The number of imidazole rings is 1. The Morgan fingerprint density at radius 2 is 1.94 bits per heavy atom. The molecule has 1 aliphatic heterocycles. The van der Waals surface area contributed by atoms with E-state index in [1.54, 1.807) is 12.3 Å². The normalized spacial score (nSPS) is 19.6. The van der Waals surface area contributed by atoms with Crippen LogP contribution in [0.15, 0.2) is 37.1 Å². The van der Waals surface area contributed by atoms with Crippen LogP contribution in [0, 0.1) is 11.9 Å². The Morgan fingerprint density at radius 3 is 2.69 bits per heavy atom. The molecule has 2 atom stereocenters. The first-order chi connectivity index (χ1) is 15.3. The van der Waals surface area contributed by atoms with E-state index < -0.39 is 17.8 Å². The zero-order chi connectivity index (χ0) is 22.5. The third kappa shape index (κ3) is 3.65. The third-order valence-corrected chi connectivity index (χ3v) is 5.59. The summed E-state index contributed by atoms with van der Waals surface area (Å²) in [4.78, 5) is 18.5. The average Bonchev–Trinajstić information content (AvgIpc) is 3.38. The summed E-state index contributed by atoms with van der Waals surface area (Å²) in [7, 11) is 0. The summed E-state index contributed by atoms with van der Waals surface area (Å²) in [6.07, 6.45) is 2.70. The molecule has 32 heavy (non-hydrogen) atoms. The number of hydrogen-bond acceptors (Lipinski definition) is 6. The van der Waals surface area contributed by atoms with Crippen LogP contribution in [-0.4, -0.2) is 47.6 Å². The number of rotatable bonds is 3. The molecule has 1 N–H and O–H groups in total. The summed E-state index contributed by atoms with van der Waals surface area (Å²) in [5.74, 6) is 0.147. The molecule has 0 amide bonds. The molecule has 0 saturated carbocycles. The van der Waals surface area contributed by atoms with Gasteiger partial charge in [0.2, 0.25) is 11.9 Å². The smallest absolute Gasteiger partial charge is 0.340 e. The van der Waals surface area contributed by atoms with Crippen molar-refractivity contribution >= 4 is 11.6 Å². The van der Waals surface area contributed by atoms with Gasteiger partial charge in [0.05, 0.1) is 30.0 Å². The molecule has 0 aromatic carbocycles. The van der Waals surface area contributed by atoms with Gasteiger partial charge in [-0.15, -0.1) is 0 Å². The van der Waals surface area contributed by atoms with Crippen LogP contribution >= 0.6 is 0 Å². The van der Waals surface area contributed by atoms with E-state index in [2.05, 4.69) is 37.1 Å². The number of fused-ring (bicyclic) bond motifs is 1. The van der Waals surface area contributed by atoms with E-state index in [0.29, 0.717) is 36.0 Å². The van der Waals surface area contributed by atoms with Crippen LogP contribution < -0.4 is 4.90 Å². The molecule has 0 aliphatic carbocycles. The van der Waals surface area contributed by atoms with Crippen molar-refractivity contribution in [3.63, 3.8) is 0 Å². The molecule has 5 rings (SSSR count). The minimum Gasteiger partial charge on any atom is -0.340 e. The summed E-state index contributed by atoms with van der Waals surface area (Å²) in [6, 6.07) is 1.61. The monoisotopic (exact) mass is 446 g/mol. The van der Waals surface area contributed by atoms with Crippen molar-refractivity contribution < 1.29 is 17.6 Å². The van der Waals surface area contributed by atoms with E-state index in [1.807, 2.05) is 4.90 Å². The van der Waals surface area contributed by atoms with Crippen molar-refractivity contribution in [3.05, 3.63) is 54.3 Å². The second-order valence-corrected chi connectivity index (χ2v) is 7.97. The number of anilines is 1. The molecule has 4 aromatic rings. The lowest BCUT2D eigenvalue weighted by Gasteiger charge is -2.36. The lowest BCUT2D eigenvalue weighted by molar-refractivity contribution is -0.141. The van der Waals surface area contributed by atoms with Gasteiger partial charge >= 0.3 is 6.18 Å². The lowest BCUT2D eigenvalue weighted by atomic mass is 9.87. The van der Waals surface area contributed by atoms with E-state index in [9.17, 15) is 17.6 Å². The first kappa shape index (κ1) is 20.3. The molecule has 166 valence electrons. The van der Waals surface area contributed by atoms with Gasteiger partial charge < -0.3 is 4.90 Å². The summed E-state index contributed by atoms with van der Waals surface area (Å²) in [6.45, 7) is 3.24. The van der Waals surface area contributed by atoms with Crippen LogP contribution in [0.2, 0.25) is 0 Å². The fraction of sp³-hybridized carbons (Fsp3) is 0.350. The summed E-state index contributed by atoms with van der Waals surface area (Å²) in [5.41, 5.74) is 0.584. The number of piperidine rings is 1. The standard InChI is InChI=1S/C20H18F4N8/c1-11-4-12(13-5-28-30-18(13)21)9-31(8-11)19-25-3-2-14(29-19)15-6-27-17-7-26-16(10-32(15)17)20(22,23)24/h2-3,5-7,10-12H,4,8-9H2,1H3,(H,28,30)/t11-,12-/m0/s1. The van der Waals surface area contributed by atoms with E-state index in [-0.39, 0.29) is 17.5 Å². The van der Waals surface area contributed by atoms with Crippen molar-refractivity contribution in [3.8, 4) is 11.4 Å². The lowest BCUT2D eigenvalue weighted by Crippen LogP contribution is -2.39. The quantitative estimate of drug-likeness (QED) is 0.483. The zero-order valence-electron chi connectivity index (χ0n) is 16.9. The van der Waals surface area contributed by atoms with Crippen molar-refractivity contribution in [2.24, 2.45) is 5.92 Å². The highest BCUT2D eigenvalue weighted by Crippen LogP contribution is 2.33. The molecule has 0 bridgehead atoms. The molecule has 4 aromatic heterocycles. The van der Waals surface area contributed by atoms with Gasteiger partial charge in [0, 0.05) is 37.0 Å². The second kappa shape index (κ2) is 7.53. The van der Waals surface area contributed by atoms with Crippen LogP contribution in [0.3, 0.4) is 0 Å². The highest BCUT2D eigenvalue weighted by atomic mass is 19.4. The van der Waals surface area contributed by atoms with Gasteiger partial charge in [-0.2, -0.15) is 22.7 Å². The number of nitrogens with zero attached hydrogens (tertiary/aromatic N) is 7. The third-order valence-electron chi connectivity index (χ3n) is 5.59. The van der Waals surface area contributed by atoms with Gasteiger partial charge in [0.1, 0.15) is 0 Å². The fourth-order valence-corrected chi connectivity index (χ4v) is 4.17. The van der Waals surface area contributed by atoms with Crippen molar-refractivity contribution in [1.82, 2.24) is 34.5 Å². The van der Waals surface area contributed by atoms with Crippen LogP contribution in [0.4, 0.5) is 23.5 Å². The number of H-pyrrole nitrogens is 1. The maximum absolute atomic E-state index is 14.0. The molecule has 8 nitrogen and oxygen atoms in total. The Labute approximate surface area is 179 Å². The minimum absolute atomic E-state index is 0.0824. The maximum atomic E-state index is 14.0. The number of nitrogens with one attached hydrogen (secondary N) is 1. The Kier molecular flexibility index (Phi) is 4.79. The molecular formula is C20H18F4N8. The van der Waals surface area contributed by atoms with Gasteiger partial charge in [-0.05, 0) is 18.4 Å². The van der Waals surface area contributed by atoms with Gasteiger partial charge in [0.25, 0.3) is 0 Å². The van der Waals surface area contributed by atoms with Crippen LogP contribution in [0.5, 0.6) is 0 Å². The van der Waals surface area contributed by atoms with Gasteiger partial charge in [-0.25, -0.2) is 19.9 Å². The fourth-order valence-electron chi connectivity index (χ4n) is 4.17. The number of alkyl halides is 3. The van der Waals surface area contributed by atoms with Gasteiger partial charge in [-0.3, -0.25) is 9.50 Å². The van der Waals surface area contributed by atoms with Crippen molar-refractivity contribution in [2.75, 3.05) is 18.0 Å². The minimum atomic E-state index is -4.58. The molecule has 0 unspecified atom stereocenters. The Hall–Kier alpha value is -3.57. The Morgan fingerprint density at radius 1 is 1.09 bits per heavy atom. The molecule has 12 heteroatoms. The Balaban J connectivity index is 1.49. The topological polar surface area (TPSA) is 87.9 Å². The van der Waals surface area contributed by atoms with Crippen molar-refractivity contribution in [2.45, 2.75) is 25.4 Å². The molecule has 5 heterocycles. The largest absolute Gasteiger partial charge is 0.434 e. The number of aromatic amines is 1. The van der Waals surface area contributed by atoms with E-state index >= 15 is 0 Å². The molecule has 1 saturated heterocycles. The van der Waals surface area contributed by atoms with Crippen LogP contribution in [0.25, 0.3) is 17.0 Å². The summed E-state index contributed by atoms with van der Waals surface area (Å²) >= 11 is 0. The van der Waals surface area contributed by atoms with Crippen LogP contribution in [-0.2, 0) is 6.18 Å². The van der Waals surface area contributed by atoms with Crippen molar-refractivity contribution in [1.29, 1.82) is 0 Å². The molecule has 1 aliphatic rings. The molecule has 1 fully saturated rings. The summed E-state index contributed by atoms with van der Waals surface area (Å²) < 4.78 is 54.7. The second-order valence-electron chi connectivity index (χ2n) is 7.97. The predicted molar refractivity (Wildman–Crippen MR) is 106 cm³/mol. The summed E-state index contributed by atoms with van der Waals surface area (Å²) in [5, 5.41) is 6.11. The number of halogens is 4.